The maximum absolute atomic E-state index is 5.38. The minimum atomic E-state index is 0.617. The molecule has 2 saturated heterocycles. The van der Waals surface area contributed by atoms with Gasteiger partial charge >= 0.3 is 0 Å². The topological polar surface area (TPSA) is 45.5 Å². The Balaban J connectivity index is 1.39. The number of nitrogens with zero attached hydrogens (tertiary/aromatic N) is 4. The SMILES string of the molecule is Cc1ccc(Nc2cc3nc4ccccc4n(-c4ccc(C)cc4)c-3cc2=NC[C@H]2CCCN3CCCC[C@H]23)cc1. The Morgan fingerprint density at radius 3 is 2.41 bits per heavy atom. The molecule has 0 radical (unpaired) electrons. The summed E-state index contributed by atoms with van der Waals surface area (Å²) < 4.78 is 2.34. The van der Waals surface area contributed by atoms with Crippen LogP contribution in [0.3, 0.4) is 0 Å². The fourth-order valence-corrected chi connectivity index (χ4v) is 6.84. The monoisotopic (exact) mass is 541 g/mol. The summed E-state index contributed by atoms with van der Waals surface area (Å²) in [5.74, 6) is 0.617. The first kappa shape index (κ1) is 26.0. The first-order chi connectivity index (χ1) is 20.1. The summed E-state index contributed by atoms with van der Waals surface area (Å²) in [6.07, 6.45) is 6.56. The lowest BCUT2D eigenvalue weighted by Gasteiger charge is -2.44. The highest BCUT2D eigenvalue weighted by Gasteiger charge is 2.32. The van der Waals surface area contributed by atoms with Gasteiger partial charge in [0.1, 0.15) is 0 Å². The summed E-state index contributed by atoms with van der Waals surface area (Å²) in [7, 11) is 0. The van der Waals surface area contributed by atoms with Crippen molar-refractivity contribution in [3.63, 3.8) is 0 Å². The summed E-state index contributed by atoms with van der Waals surface area (Å²) in [4.78, 5) is 13.3. The standard InChI is InChI=1S/C36H39N5/c1-25-12-16-28(17-13-25)38-32-22-33-36(23-31(32)37-24-27-8-7-21-40-20-6-5-10-34(27)40)41(29-18-14-26(2)15-19-29)35-11-4-3-9-30(35)39-33/h3-4,9,11-19,22-23,27,34,38H,5-8,10,20-21,24H2,1-2H3/t27-,34-/m1/s1. The Kier molecular flexibility index (Phi) is 7.05. The van der Waals surface area contributed by atoms with Gasteiger partial charge in [0.2, 0.25) is 0 Å². The van der Waals surface area contributed by atoms with E-state index in [0.29, 0.717) is 12.0 Å². The molecule has 4 aliphatic rings. The predicted molar refractivity (Wildman–Crippen MR) is 169 cm³/mol. The quantitative estimate of drug-likeness (QED) is 0.232. The molecule has 1 aliphatic carbocycles. The van der Waals surface area contributed by atoms with Crippen LogP contribution in [0, 0.1) is 19.8 Å². The minimum absolute atomic E-state index is 0.617. The Morgan fingerprint density at radius 2 is 1.59 bits per heavy atom. The molecule has 0 saturated carbocycles. The Morgan fingerprint density at radius 1 is 0.829 bits per heavy atom. The lowest BCUT2D eigenvalue weighted by molar-refractivity contribution is 0.0631. The third kappa shape index (κ3) is 5.27. The van der Waals surface area contributed by atoms with Crippen LogP contribution in [0.4, 0.5) is 11.4 Å². The fourth-order valence-electron chi connectivity index (χ4n) is 6.84. The average molecular weight is 542 g/mol. The Labute approximate surface area is 242 Å². The molecular formula is C36H39N5. The van der Waals surface area contributed by atoms with Crippen molar-refractivity contribution in [2.45, 2.75) is 52.0 Å². The average Bonchev–Trinajstić information content (AvgIpc) is 3.00. The number of hydrogen-bond acceptors (Lipinski definition) is 4. The fraction of sp³-hybridized carbons (Fsp3) is 0.333. The predicted octanol–water partition coefficient (Wildman–Crippen LogP) is 7.66. The number of fused-ring (bicyclic) bond motifs is 3. The van der Waals surface area contributed by atoms with Crippen LogP contribution in [0.25, 0.3) is 28.1 Å². The van der Waals surface area contributed by atoms with Gasteiger partial charge < -0.3 is 14.8 Å². The lowest BCUT2D eigenvalue weighted by atomic mass is 9.83. The highest BCUT2D eigenvalue weighted by Crippen LogP contribution is 2.32. The van der Waals surface area contributed by atoms with Crippen molar-refractivity contribution in [1.82, 2.24) is 14.5 Å². The molecule has 7 rings (SSSR count). The van der Waals surface area contributed by atoms with Gasteiger partial charge in [-0.3, -0.25) is 4.99 Å². The number of benzene rings is 4. The molecule has 208 valence electrons. The number of piperidine rings is 2. The number of para-hydroxylation sites is 2. The number of aryl methyl sites for hydroxylation is 2. The van der Waals surface area contributed by atoms with E-state index in [1.54, 1.807) is 0 Å². The molecule has 0 amide bonds. The van der Waals surface area contributed by atoms with E-state index in [1.807, 2.05) is 0 Å². The number of anilines is 2. The van der Waals surface area contributed by atoms with Gasteiger partial charge in [0.05, 0.1) is 33.5 Å². The lowest BCUT2D eigenvalue weighted by Crippen LogP contribution is -2.48. The normalized spacial score (nSPS) is 19.9. The number of nitrogens with one attached hydrogen (secondary N) is 1. The second-order valence-electron chi connectivity index (χ2n) is 12.0. The second kappa shape index (κ2) is 11.1. The van der Waals surface area contributed by atoms with Crippen molar-refractivity contribution >= 4 is 22.4 Å². The molecule has 1 N–H and O–H groups in total. The maximum Gasteiger partial charge on any atom is 0.0900 e. The van der Waals surface area contributed by atoms with Crippen LogP contribution in [0.2, 0.25) is 0 Å². The van der Waals surface area contributed by atoms with Gasteiger partial charge in [-0.1, -0.05) is 53.9 Å². The number of rotatable bonds is 5. The van der Waals surface area contributed by atoms with E-state index in [9.17, 15) is 0 Å². The Hall–Kier alpha value is -3.96. The van der Waals surface area contributed by atoms with E-state index < -0.39 is 0 Å². The summed E-state index contributed by atoms with van der Waals surface area (Å²) in [6, 6.07) is 30.9. The van der Waals surface area contributed by atoms with E-state index in [4.69, 9.17) is 9.98 Å². The molecule has 41 heavy (non-hydrogen) atoms. The second-order valence-corrected chi connectivity index (χ2v) is 12.0. The third-order valence-corrected chi connectivity index (χ3v) is 9.04. The zero-order chi connectivity index (χ0) is 27.8. The summed E-state index contributed by atoms with van der Waals surface area (Å²) in [5.41, 5.74) is 9.81. The molecule has 5 nitrogen and oxygen atoms in total. The van der Waals surface area contributed by atoms with Crippen LogP contribution in [-0.4, -0.2) is 40.1 Å². The molecule has 2 atom stereocenters. The Bertz CT molecular complexity index is 1700. The zero-order valence-electron chi connectivity index (χ0n) is 24.2. The van der Waals surface area contributed by atoms with Crippen molar-refractivity contribution < 1.29 is 0 Å². The summed E-state index contributed by atoms with van der Waals surface area (Å²) >= 11 is 0. The van der Waals surface area contributed by atoms with Gasteiger partial charge in [-0.25, -0.2) is 4.98 Å². The molecule has 3 aromatic carbocycles. The van der Waals surface area contributed by atoms with Crippen molar-refractivity contribution in [3.8, 4) is 17.1 Å². The molecule has 0 bridgehead atoms. The van der Waals surface area contributed by atoms with Gasteiger partial charge in [-0.05, 0) is 107 Å². The van der Waals surface area contributed by atoms with E-state index in [-0.39, 0.29) is 0 Å². The number of aromatic nitrogens is 2. The molecule has 5 heteroatoms. The van der Waals surface area contributed by atoms with E-state index in [2.05, 4.69) is 114 Å². The zero-order valence-corrected chi connectivity index (χ0v) is 24.2. The molecule has 3 aromatic rings. The van der Waals surface area contributed by atoms with E-state index >= 15 is 0 Å². The number of hydrogen-bond donors (Lipinski definition) is 1. The van der Waals surface area contributed by atoms with Crippen molar-refractivity contribution in [2.24, 2.45) is 10.9 Å². The first-order valence-corrected chi connectivity index (χ1v) is 15.2. The van der Waals surface area contributed by atoms with Crippen LogP contribution in [0.5, 0.6) is 0 Å². The molecule has 2 fully saturated rings. The van der Waals surface area contributed by atoms with Crippen molar-refractivity contribution in [2.75, 3.05) is 25.0 Å². The minimum Gasteiger partial charge on any atom is -0.354 e. The summed E-state index contributed by atoms with van der Waals surface area (Å²) in [6.45, 7) is 7.63. The van der Waals surface area contributed by atoms with Crippen LogP contribution < -0.4 is 10.7 Å². The van der Waals surface area contributed by atoms with E-state index in [1.165, 1.54) is 56.3 Å². The molecular weight excluding hydrogens is 502 g/mol. The maximum atomic E-state index is 5.38. The molecule has 0 aromatic heterocycles. The van der Waals surface area contributed by atoms with Crippen molar-refractivity contribution in [3.05, 3.63) is 101 Å². The van der Waals surface area contributed by atoms with Gasteiger partial charge in [0.25, 0.3) is 0 Å². The molecule has 0 spiro atoms. The van der Waals surface area contributed by atoms with Gasteiger partial charge in [-0.2, -0.15) is 0 Å². The molecule has 3 heterocycles. The highest BCUT2D eigenvalue weighted by atomic mass is 15.2. The van der Waals surface area contributed by atoms with Crippen LogP contribution in [0.15, 0.2) is 89.9 Å². The van der Waals surface area contributed by atoms with Gasteiger partial charge in [0.15, 0.2) is 0 Å². The summed E-state index contributed by atoms with van der Waals surface area (Å²) in [5, 5.41) is 4.70. The van der Waals surface area contributed by atoms with E-state index in [0.717, 1.165) is 51.4 Å². The molecule has 3 aliphatic heterocycles. The van der Waals surface area contributed by atoms with Crippen molar-refractivity contribution in [1.29, 1.82) is 0 Å². The smallest absolute Gasteiger partial charge is 0.0900 e. The van der Waals surface area contributed by atoms with Crippen LogP contribution in [-0.2, 0) is 0 Å². The first-order valence-electron chi connectivity index (χ1n) is 15.2. The largest absolute Gasteiger partial charge is 0.354 e. The molecule has 0 unspecified atom stereocenters. The van der Waals surface area contributed by atoms with Gasteiger partial charge in [0, 0.05) is 24.0 Å². The third-order valence-electron chi connectivity index (χ3n) is 9.04. The highest BCUT2D eigenvalue weighted by molar-refractivity contribution is 5.84. The van der Waals surface area contributed by atoms with Gasteiger partial charge in [-0.15, -0.1) is 0 Å². The van der Waals surface area contributed by atoms with Crippen LogP contribution >= 0.6 is 0 Å². The van der Waals surface area contributed by atoms with Crippen LogP contribution in [0.1, 0.15) is 43.2 Å².